The zero-order valence-electron chi connectivity index (χ0n) is 13.8. The molecule has 0 bridgehead atoms. The molecule has 0 radical (unpaired) electrons. The fourth-order valence-electron chi connectivity index (χ4n) is 2.64. The molecule has 0 saturated carbocycles. The second-order valence-corrected chi connectivity index (χ2v) is 6.55. The van der Waals surface area contributed by atoms with Crippen LogP contribution in [-0.2, 0) is 20.8 Å². The van der Waals surface area contributed by atoms with E-state index in [-0.39, 0.29) is 24.2 Å². The van der Waals surface area contributed by atoms with Crippen molar-refractivity contribution < 1.29 is 14.3 Å². The molecule has 0 spiro atoms. The van der Waals surface area contributed by atoms with E-state index in [1.54, 1.807) is 20.4 Å². The highest BCUT2D eigenvalue weighted by Gasteiger charge is 2.33. The first kappa shape index (κ1) is 16.9. The minimum atomic E-state index is -0.238. The third-order valence-electron chi connectivity index (χ3n) is 3.53. The Morgan fingerprint density at radius 2 is 2.36 bits per heavy atom. The van der Waals surface area contributed by atoms with Crippen LogP contribution >= 0.6 is 0 Å². The number of hydrogen-bond acceptors (Lipinski definition) is 5. The summed E-state index contributed by atoms with van der Waals surface area (Å²) in [5.74, 6) is -0.0376. The number of ether oxygens (including phenoxy) is 2. The number of amides is 1. The van der Waals surface area contributed by atoms with Gasteiger partial charge in [0.15, 0.2) is 0 Å². The van der Waals surface area contributed by atoms with E-state index >= 15 is 0 Å². The molecule has 1 aliphatic heterocycles. The monoisotopic (exact) mass is 310 g/mol. The molecule has 0 unspecified atom stereocenters. The predicted octanol–water partition coefficient (Wildman–Crippen LogP) is 0.494. The quantitative estimate of drug-likeness (QED) is 0.828. The highest BCUT2D eigenvalue weighted by molar-refractivity contribution is 5.76. The molecule has 1 N–H and O–H groups in total. The van der Waals surface area contributed by atoms with Crippen molar-refractivity contribution in [2.24, 2.45) is 0 Å². The third kappa shape index (κ3) is 5.08. The van der Waals surface area contributed by atoms with Crippen molar-refractivity contribution >= 4 is 5.91 Å². The molecule has 124 valence electrons. The first-order chi connectivity index (χ1) is 10.4. The minimum Gasteiger partial charge on any atom is -0.369 e. The summed E-state index contributed by atoms with van der Waals surface area (Å²) in [5.41, 5.74) is 0.845. The summed E-state index contributed by atoms with van der Waals surface area (Å²) in [5, 5.41) is 0. The summed E-state index contributed by atoms with van der Waals surface area (Å²) in [6, 6.07) is 0. The lowest BCUT2D eigenvalue weighted by molar-refractivity contribution is -0.161. The van der Waals surface area contributed by atoms with Crippen molar-refractivity contribution in [1.82, 2.24) is 19.8 Å². The van der Waals surface area contributed by atoms with Crippen molar-refractivity contribution in [2.45, 2.75) is 32.1 Å². The van der Waals surface area contributed by atoms with Gasteiger partial charge >= 0.3 is 0 Å². The normalized spacial score (nSPS) is 21.7. The Hall–Kier alpha value is -1.44. The average molecular weight is 310 g/mol. The van der Waals surface area contributed by atoms with Crippen molar-refractivity contribution in [3.05, 3.63) is 18.2 Å². The lowest BCUT2D eigenvalue weighted by atomic mass is 10.1. The van der Waals surface area contributed by atoms with Gasteiger partial charge in [0, 0.05) is 45.6 Å². The van der Waals surface area contributed by atoms with Gasteiger partial charge in [-0.25, -0.2) is 4.98 Å². The fourth-order valence-corrected chi connectivity index (χ4v) is 2.64. The molecule has 1 aliphatic rings. The molecule has 1 saturated heterocycles. The van der Waals surface area contributed by atoms with Gasteiger partial charge in [-0.2, -0.15) is 0 Å². The van der Waals surface area contributed by atoms with Crippen LogP contribution in [0.3, 0.4) is 0 Å². The number of morpholine rings is 1. The molecule has 0 aliphatic carbocycles. The molecule has 2 rings (SSSR count). The van der Waals surface area contributed by atoms with Gasteiger partial charge in [-0.1, -0.05) is 0 Å². The summed E-state index contributed by atoms with van der Waals surface area (Å²) >= 11 is 0. The predicted molar refractivity (Wildman–Crippen MR) is 82.3 cm³/mol. The molecule has 7 heteroatoms. The van der Waals surface area contributed by atoms with Crippen LogP contribution in [0.1, 0.15) is 19.5 Å². The molecule has 1 aromatic rings. The molecule has 1 fully saturated rings. The molecule has 2 heterocycles. The largest absolute Gasteiger partial charge is 0.369 e. The second kappa shape index (κ2) is 7.21. The van der Waals surface area contributed by atoms with Crippen LogP contribution in [0.25, 0.3) is 0 Å². The summed E-state index contributed by atoms with van der Waals surface area (Å²) in [6.45, 7) is 7.09. The number of likely N-dealkylation sites (N-methyl/N-ethyl adjacent to an activating group) is 1. The second-order valence-electron chi connectivity index (χ2n) is 6.55. The summed E-state index contributed by atoms with van der Waals surface area (Å²) in [4.78, 5) is 22.5. The van der Waals surface area contributed by atoms with Crippen molar-refractivity contribution in [3.8, 4) is 0 Å². The number of aromatic amines is 1. The van der Waals surface area contributed by atoms with Crippen LogP contribution in [0, 0.1) is 0 Å². The number of carbonyl (C=O) groups excluding carboxylic acids is 1. The Morgan fingerprint density at radius 3 is 3.00 bits per heavy atom. The molecule has 1 amide bonds. The van der Waals surface area contributed by atoms with Gasteiger partial charge in [0.25, 0.3) is 0 Å². The van der Waals surface area contributed by atoms with E-state index in [1.807, 2.05) is 6.20 Å². The molecule has 1 aromatic heterocycles. The van der Waals surface area contributed by atoms with Crippen LogP contribution < -0.4 is 0 Å². The van der Waals surface area contributed by atoms with Crippen LogP contribution in [0.15, 0.2) is 12.5 Å². The summed E-state index contributed by atoms with van der Waals surface area (Å²) in [6.07, 6.45) is 3.49. The number of nitrogens with zero attached hydrogens (tertiary/aromatic N) is 3. The van der Waals surface area contributed by atoms with Gasteiger partial charge in [0.2, 0.25) is 5.91 Å². The lowest BCUT2D eigenvalue weighted by Crippen LogP contribution is -2.53. The van der Waals surface area contributed by atoms with Crippen molar-refractivity contribution in [3.63, 3.8) is 0 Å². The molecule has 0 aromatic carbocycles. The number of nitrogens with one attached hydrogen (secondary N) is 1. The molecule has 1 atom stereocenters. The first-order valence-electron chi connectivity index (χ1n) is 7.51. The number of aromatic nitrogens is 2. The maximum Gasteiger partial charge on any atom is 0.248 e. The van der Waals surface area contributed by atoms with Gasteiger partial charge in [0.05, 0.1) is 24.6 Å². The minimum absolute atomic E-state index is 0.0376. The van der Waals surface area contributed by atoms with Crippen LogP contribution in [0.5, 0.6) is 0 Å². The standard InChI is InChI=1S/C15H26N4O3/c1-15(2)10-19(6-12-5-16-11-17-12)7-13(22-15)8-21-9-14(20)18(3)4/h5,11,13H,6-10H2,1-4H3,(H,16,17)/t13-/m0/s1. The zero-order chi connectivity index (χ0) is 16.2. The lowest BCUT2D eigenvalue weighted by Gasteiger charge is -2.42. The maximum atomic E-state index is 11.5. The van der Waals surface area contributed by atoms with Crippen LogP contribution in [0.4, 0.5) is 0 Å². The Kier molecular flexibility index (Phi) is 5.55. The summed E-state index contributed by atoms with van der Waals surface area (Å²) in [7, 11) is 3.44. The van der Waals surface area contributed by atoms with Gasteiger partial charge in [-0.15, -0.1) is 0 Å². The number of hydrogen-bond donors (Lipinski definition) is 1. The highest BCUT2D eigenvalue weighted by Crippen LogP contribution is 2.22. The molecule has 22 heavy (non-hydrogen) atoms. The zero-order valence-corrected chi connectivity index (χ0v) is 13.8. The number of H-pyrrole nitrogens is 1. The van der Waals surface area contributed by atoms with Gasteiger partial charge in [-0.3, -0.25) is 9.69 Å². The van der Waals surface area contributed by atoms with E-state index in [1.165, 1.54) is 4.90 Å². The van der Waals surface area contributed by atoms with Crippen LogP contribution in [0.2, 0.25) is 0 Å². The number of carbonyl (C=O) groups is 1. The summed E-state index contributed by atoms with van der Waals surface area (Å²) < 4.78 is 11.6. The van der Waals surface area contributed by atoms with Gasteiger partial charge < -0.3 is 19.4 Å². The molecular formula is C15H26N4O3. The SMILES string of the molecule is CN(C)C(=O)COC[C@@H]1CN(Cc2cnc[nH]2)CC(C)(C)O1. The third-order valence-corrected chi connectivity index (χ3v) is 3.53. The smallest absolute Gasteiger partial charge is 0.248 e. The average Bonchev–Trinajstić information content (AvgIpc) is 2.89. The van der Waals surface area contributed by atoms with E-state index in [0.717, 1.165) is 25.3 Å². The molecule has 7 nitrogen and oxygen atoms in total. The highest BCUT2D eigenvalue weighted by atomic mass is 16.5. The van der Waals surface area contributed by atoms with E-state index in [0.29, 0.717) is 6.61 Å². The topological polar surface area (TPSA) is 70.7 Å². The van der Waals surface area contributed by atoms with Crippen molar-refractivity contribution in [2.75, 3.05) is 40.4 Å². The van der Waals surface area contributed by atoms with E-state index in [9.17, 15) is 4.79 Å². The number of imidazole rings is 1. The Morgan fingerprint density at radius 1 is 1.59 bits per heavy atom. The van der Waals surface area contributed by atoms with E-state index in [2.05, 4.69) is 28.7 Å². The first-order valence-corrected chi connectivity index (χ1v) is 7.51. The Labute approximate surface area is 131 Å². The van der Waals surface area contributed by atoms with Crippen LogP contribution in [-0.4, -0.2) is 77.8 Å². The Bertz CT molecular complexity index is 473. The van der Waals surface area contributed by atoms with Gasteiger partial charge in [0.1, 0.15) is 6.61 Å². The van der Waals surface area contributed by atoms with E-state index in [4.69, 9.17) is 9.47 Å². The molecular weight excluding hydrogens is 284 g/mol. The fraction of sp³-hybridized carbons (Fsp3) is 0.733. The Balaban J connectivity index is 1.84. The van der Waals surface area contributed by atoms with E-state index < -0.39 is 0 Å². The van der Waals surface area contributed by atoms with Gasteiger partial charge in [-0.05, 0) is 13.8 Å². The maximum absolute atomic E-state index is 11.5. The number of rotatable bonds is 6. The van der Waals surface area contributed by atoms with Crippen molar-refractivity contribution in [1.29, 1.82) is 0 Å².